The van der Waals surface area contributed by atoms with Gasteiger partial charge in [-0.3, -0.25) is 0 Å². The van der Waals surface area contributed by atoms with Crippen LogP contribution in [0.25, 0.3) is 0 Å². The predicted molar refractivity (Wildman–Crippen MR) is 77.9 cm³/mol. The van der Waals surface area contributed by atoms with Crippen LogP contribution in [0.2, 0.25) is 0 Å². The number of benzene rings is 1. The molecule has 110 valence electrons. The summed E-state index contributed by atoms with van der Waals surface area (Å²) in [5.41, 5.74) is 0.382. The molecule has 1 aromatic carbocycles. The molecule has 0 unspecified atom stereocenters. The Morgan fingerprint density at radius 2 is 2.15 bits per heavy atom. The molecule has 1 aliphatic rings. The molecule has 1 saturated heterocycles. The van der Waals surface area contributed by atoms with E-state index in [0.29, 0.717) is 25.4 Å². The molecule has 1 aliphatic heterocycles. The van der Waals surface area contributed by atoms with Crippen LogP contribution in [-0.4, -0.2) is 36.9 Å². The molecular weight excluding hydrogens is 329 g/mol. The van der Waals surface area contributed by atoms with Gasteiger partial charge in [0.1, 0.15) is 0 Å². The normalized spacial score (nSPS) is 16.4. The number of hydrogen-bond donors (Lipinski definition) is 1. The molecule has 6 heteroatoms. The van der Waals surface area contributed by atoms with E-state index >= 15 is 0 Å². The number of carboxylic acid groups (broad SMARTS) is 1. The number of carbonyl (C=O) groups is 1. The van der Waals surface area contributed by atoms with Crippen LogP contribution in [-0.2, 0) is 4.74 Å². The third kappa shape index (κ3) is 3.12. The quantitative estimate of drug-likeness (QED) is 0.909. The summed E-state index contributed by atoms with van der Waals surface area (Å²) < 4.78 is 19.8. The highest BCUT2D eigenvalue weighted by Crippen LogP contribution is 2.31. The fourth-order valence-corrected chi connectivity index (χ4v) is 2.95. The Balaban J connectivity index is 2.15. The van der Waals surface area contributed by atoms with E-state index in [-0.39, 0.29) is 16.1 Å². The van der Waals surface area contributed by atoms with Gasteiger partial charge in [0.2, 0.25) is 0 Å². The Bertz CT molecular complexity index is 501. The van der Waals surface area contributed by atoms with Gasteiger partial charge in [-0.2, -0.15) is 0 Å². The number of hydrogen-bond acceptors (Lipinski definition) is 3. The fourth-order valence-electron chi connectivity index (χ4n) is 2.45. The van der Waals surface area contributed by atoms with Crippen molar-refractivity contribution in [2.45, 2.75) is 25.9 Å². The average Bonchev–Trinajstić information content (AvgIpc) is 2.43. The van der Waals surface area contributed by atoms with Crippen molar-refractivity contribution in [3.63, 3.8) is 0 Å². The van der Waals surface area contributed by atoms with Crippen molar-refractivity contribution in [3.8, 4) is 0 Å². The Labute approximate surface area is 125 Å². The van der Waals surface area contributed by atoms with Crippen LogP contribution in [0.5, 0.6) is 0 Å². The minimum absolute atomic E-state index is 0.00873. The van der Waals surface area contributed by atoms with Gasteiger partial charge in [-0.15, -0.1) is 0 Å². The molecule has 1 N–H and O–H groups in total. The molecule has 0 amide bonds. The largest absolute Gasteiger partial charge is 0.478 e. The zero-order valence-electron chi connectivity index (χ0n) is 11.2. The summed E-state index contributed by atoms with van der Waals surface area (Å²) in [6, 6.07) is 2.96. The Kier molecular flexibility index (Phi) is 4.99. The molecule has 0 aromatic heterocycles. The van der Waals surface area contributed by atoms with Gasteiger partial charge in [0, 0.05) is 19.7 Å². The van der Waals surface area contributed by atoms with Crippen LogP contribution < -0.4 is 4.90 Å². The maximum Gasteiger partial charge on any atom is 0.336 e. The molecule has 0 spiro atoms. The number of rotatable bonds is 4. The highest BCUT2D eigenvalue weighted by molar-refractivity contribution is 9.10. The number of nitrogens with zero attached hydrogens (tertiary/aromatic N) is 1. The monoisotopic (exact) mass is 345 g/mol. The van der Waals surface area contributed by atoms with Crippen LogP contribution in [0.1, 0.15) is 30.1 Å². The number of anilines is 1. The van der Waals surface area contributed by atoms with Crippen molar-refractivity contribution >= 4 is 27.6 Å². The second-order valence-electron chi connectivity index (χ2n) is 4.71. The molecule has 2 rings (SSSR count). The van der Waals surface area contributed by atoms with Crippen molar-refractivity contribution in [2.24, 2.45) is 0 Å². The minimum atomic E-state index is -1.14. The summed E-state index contributed by atoms with van der Waals surface area (Å²) in [5.74, 6) is -1.66. The highest BCUT2D eigenvalue weighted by Gasteiger charge is 2.24. The Hall–Kier alpha value is -1.14. The lowest BCUT2D eigenvalue weighted by molar-refractivity contribution is 0.0458. The van der Waals surface area contributed by atoms with Gasteiger partial charge in [0.25, 0.3) is 0 Å². The molecule has 1 fully saturated rings. The molecule has 20 heavy (non-hydrogen) atoms. The van der Waals surface area contributed by atoms with E-state index in [9.17, 15) is 9.18 Å². The third-order valence-corrected chi connectivity index (χ3v) is 4.25. The lowest BCUT2D eigenvalue weighted by Gasteiger charge is -2.33. The zero-order chi connectivity index (χ0) is 14.7. The maximum atomic E-state index is 14.3. The van der Waals surface area contributed by atoms with E-state index in [1.165, 1.54) is 12.1 Å². The van der Waals surface area contributed by atoms with Crippen molar-refractivity contribution in [2.75, 3.05) is 24.6 Å². The first-order valence-electron chi connectivity index (χ1n) is 6.62. The topological polar surface area (TPSA) is 49.8 Å². The van der Waals surface area contributed by atoms with Gasteiger partial charge in [-0.1, -0.05) is 0 Å². The van der Waals surface area contributed by atoms with Crippen molar-refractivity contribution in [3.05, 3.63) is 28.0 Å². The second kappa shape index (κ2) is 6.54. The van der Waals surface area contributed by atoms with E-state index < -0.39 is 11.8 Å². The molecule has 1 aromatic rings. The fraction of sp³-hybridized carbons (Fsp3) is 0.500. The molecule has 0 atom stereocenters. The zero-order valence-corrected chi connectivity index (χ0v) is 12.8. The molecule has 4 nitrogen and oxygen atoms in total. The standard InChI is InChI=1S/C14H17BrFNO3/c1-2-20-9-5-7-17(8-6-9)11-4-3-10(14(18)19)12(15)13(11)16/h3-4,9H,2,5-8H2,1H3,(H,18,19). The van der Waals surface area contributed by atoms with E-state index in [1.54, 1.807) is 0 Å². The van der Waals surface area contributed by atoms with Gasteiger partial charge in [0.05, 0.1) is 21.8 Å². The van der Waals surface area contributed by atoms with Crippen molar-refractivity contribution < 1.29 is 19.0 Å². The highest BCUT2D eigenvalue weighted by atomic mass is 79.9. The smallest absolute Gasteiger partial charge is 0.336 e. The van der Waals surface area contributed by atoms with Gasteiger partial charge in [-0.25, -0.2) is 9.18 Å². The summed E-state index contributed by atoms with van der Waals surface area (Å²) in [7, 11) is 0. The first-order valence-corrected chi connectivity index (χ1v) is 7.41. The molecule has 0 radical (unpaired) electrons. The van der Waals surface area contributed by atoms with Crippen molar-refractivity contribution in [1.29, 1.82) is 0 Å². The summed E-state index contributed by atoms with van der Waals surface area (Å²) in [6.45, 7) is 4.08. The maximum absolute atomic E-state index is 14.3. The Morgan fingerprint density at radius 1 is 1.50 bits per heavy atom. The first-order chi connectivity index (χ1) is 9.54. The molecule has 0 aliphatic carbocycles. The minimum Gasteiger partial charge on any atom is -0.478 e. The van der Waals surface area contributed by atoms with Crippen LogP contribution in [0.3, 0.4) is 0 Å². The Morgan fingerprint density at radius 3 is 2.70 bits per heavy atom. The molecule has 1 heterocycles. The predicted octanol–water partition coefficient (Wildman–Crippen LogP) is 3.29. The van der Waals surface area contributed by atoms with Crippen LogP contribution in [0, 0.1) is 5.82 Å². The van der Waals surface area contributed by atoms with E-state index in [0.717, 1.165) is 12.8 Å². The number of aromatic carboxylic acids is 1. The van der Waals surface area contributed by atoms with E-state index in [4.69, 9.17) is 9.84 Å². The lowest BCUT2D eigenvalue weighted by atomic mass is 10.1. The summed E-state index contributed by atoms with van der Waals surface area (Å²) in [5, 5.41) is 8.96. The van der Waals surface area contributed by atoms with Crippen LogP contribution in [0.15, 0.2) is 16.6 Å². The van der Waals surface area contributed by atoms with Gasteiger partial charge < -0.3 is 14.7 Å². The van der Waals surface area contributed by atoms with Gasteiger partial charge in [-0.05, 0) is 47.8 Å². The molecular formula is C14H17BrFNO3. The van der Waals surface area contributed by atoms with Crippen LogP contribution in [0.4, 0.5) is 10.1 Å². The first kappa shape index (κ1) is 15.3. The number of ether oxygens (including phenoxy) is 1. The van der Waals surface area contributed by atoms with E-state index in [1.807, 2.05) is 11.8 Å². The van der Waals surface area contributed by atoms with Gasteiger partial charge >= 0.3 is 5.97 Å². The SMILES string of the molecule is CCOC1CCN(c2ccc(C(=O)O)c(Br)c2F)CC1. The van der Waals surface area contributed by atoms with Crippen molar-refractivity contribution in [1.82, 2.24) is 0 Å². The summed E-state index contributed by atoms with van der Waals surface area (Å²) >= 11 is 3.03. The second-order valence-corrected chi connectivity index (χ2v) is 5.50. The number of piperidine rings is 1. The third-order valence-electron chi connectivity index (χ3n) is 3.48. The summed E-state index contributed by atoms with van der Waals surface area (Å²) in [6.07, 6.45) is 1.94. The average molecular weight is 346 g/mol. The molecule has 0 saturated carbocycles. The lowest BCUT2D eigenvalue weighted by Crippen LogP contribution is -2.37. The van der Waals surface area contributed by atoms with Gasteiger partial charge in [0.15, 0.2) is 5.82 Å². The number of carboxylic acids is 1. The molecule has 0 bridgehead atoms. The van der Waals surface area contributed by atoms with E-state index in [2.05, 4.69) is 15.9 Å². The summed E-state index contributed by atoms with van der Waals surface area (Å²) in [4.78, 5) is 12.9. The number of halogens is 2. The van der Waals surface area contributed by atoms with Crippen LogP contribution >= 0.6 is 15.9 Å².